The summed E-state index contributed by atoms with van der Waals surface area (Å²) < 4.78 is 12.3. The number of nitriles is 1. The molecule has 9 heteroatoms. The van der Waals surface area contributed by atoms with Crippen LogP contribution in [0.5, 0.6) is 0 Å². The Kier molecular flexibility index (Phi) is 5.25. The van der Waals surface area contributed by atoms with E-state index >= 15 is 0 Å². The van der Waals surface area contributed by atoms with Crippen molar-refractivity contribution in [2.24, 2.45) is 0 Å². The Hall–Kier alpha value is -0.280. The summed E-state index contributed by atoms with van der Waals surface area (Å²) in [6.07, 6.45) is 2.91. The van der Waals surface area contributed by atoms with Crippen LogP contribution in [0.25, 0.3) is 5.69 Å². The summed E-state index contributed by atoms with van der Waals surface area (Å²) in [6, 6.07) is 4.93. The third-order valence-corrected chi connectivity index (χ3v) is 4.41. The Morgan fingerprint density at radius 3 is 2.19 bits per heavy atom. The molecule has 2 nitrogen and oxygen atoms in total. The standard InChI is InChI=1S/C12H4Cl5FN2S/c13-7-1-8(14)11(9(15)2-7)20-4-6(3-19)10(5-20)21-12(16,17)18/h1-2,4-5H. The second-order valence-electron chi connectivity index (χ2n) is 3.82. The number of halogens is 6. The number of hydrogen-bond acceptors (Lipinski definition) is 2. The largest absolute Gasteiger partial charge is 0.319 e. The highest BCUT2D eigenvalue weighted by atomic mass is 35.5. The minimum Gasteiger partial charge on any atom is -0.319 e. The van der Waals surface area contributed by atoms with Crippen molar-refractivity contribution in [3.05, 3.63) is 45.2 Å². The molecule has 0 spiro atoms. The van der Waals surface area contributed by atoms with E-state index in [-0.39, 0.29) is 20.5 Å². The van der Waals surface area contributed by atoms with Gasteiger partial charge in [0.2, 0.25) is 0 Å². The van der Waals surface area contributed by atoms with Crippen molar-refractivity contribution in [3.63, 3.8) is 0 Å². The van der Waals surface area contributed by atoms with E-state index in [1.165, 1.54) is 29.1 Å². The molecule has 0 bridgehead atoms. The van der Waals surface area contributed by atoms with Crippen molar-refractivity contribution in [3.8, 4) is 11.8 Å². The van der Waals surface area contributed by atoms with E-state index in [1.807, 2.05) is 6.07 Å². The smallest absolute Gasteiger partial charge is 0.309 e. The number of alkyl halides is 3. The molecule has 0 aliphatic rings. The molecule has 0 N–H and O–H groups in total. The van der Waals surface area contributed by atoms with E-state index in [9.17, 15) is 4.39 Å². The molecule has 0 unspecified atom stereocenters. The number of nitrogens with zero attached hydrogens (tertiary/aromatic N) is 2. The molecule has 110 valence electrons. The van der Waals surface area contributed by atoms with Gasteiger partial charge in [-0.2, -0.15) is 9.65 Å². The Bertz CT molecular complexity index is 709. The van der Waals surface area contributed by atoms with Gasteiger partial charge in [-0.05, 0) is 23.9 Å². The molecule has 0 fully saturated rings. The van der Waals surface area contributed by atoms with Gasteiger partial charge in [-0.3, -0.25) is 0 Å². The lowest BCUT2D eigenvalue weighted by Crippen LogP contribution is -1.95. The van der Waals surface area contributed by atoms with Crippen LogP contribution >= 0.6 is 69.8 Å². The molecular formula is C12H4Cl5FN2S. The summed E-state index contributed by atoms with van der Waals surface area (Å²) in [7, 11) is 0. The number of hydrogen-bond donors (Lipinski definition) is 0. The predicted molar refractivity (Wildman–Crippen MR) is 86.9 cm³/mol. The maximum atomic E-state index is 13.3. The first-order valence-electron chi connectivity index (χ1n) is 5.24. The van der Waals surface area contributed by atoms with Gasteiger partial charge in [0.1, 0.15) is 6.07 Å². The second kappa shape index (κ2) is 6.45. The highest BCUT2D eigenvalue weighted by molar-refractivity contribution is 8.03. The molecule has 0 aliphatic carbocycles. The van der Waals surface area contributed by atoms with Gasteiger partial charge in [0.15, 0.2) is 0 Å². The van der Waals surface area contributed by atoms with Gasteiger partial charge < -0.3 is 4.57 Å². The third-order valence-electron chi connectivity index (χ3n) is 2.38. The maximum Gasteiger partial charge on any atom is 0.309 e. The molecule has 1 aromatic heterocycles. The van der Waals surface area contributed by atoms with Crippen LogP contribution in [0.15, 0.2) is 29.4 Å². The highest BCUT2D eigenvalue weighted by Crippen LogP contribution is 2.43. The number of aromatic nitrogens is 1. The van der Waals surface area contributed by atoms with E-state index in [0.717, 1.165) is 0 Å². The van der Waals surface area contributed by atoms with Crippen molar-refractivity contribution in [2.75, 3.05) is 0 Å². The summed E-state index contributed by atoms with van der Waals surface area (Å²) >= 11 is 29.2. The average Bonchev–Trinajstić information content (AvgIpc) is 2.67. The lowest BCUT2D eigenvalue weighted by molar-refractivity contribution is 0.516. The van der Waals surface area contributed by atoms with E-state index in [1.54, 1.807) is 0 Å². The fraction of sp³-hybridized carbons (Fsp3) is 0.0833. The summed E-state index contributed by atoms with van der Waals surface area (Å²) in [6.45, 7) is 0. The lowest BCUT2D eigenvalue weighted by atomic mass is 10.3. The van der Waals surface area contributed by atoms with Gasteiger partial charge in [0.25, 0.3) is 0 Å². The van der Waals surface area contributed by atoms with E-state index in [2.05, 4.69) is 0 Å². The molecular weight excluding hydrogens is 400 g/mol. The lowest BCUT2D eigenvalue weighted by Gasteiger charge is -2.09. The zero-order valence-electron chi connectivity index (χ0n) is 9.88. The molecule has 2 aromatic rings. The van der Waals surface area contributed by atoms with E-state index in [0.29, 0.717) is 22.5 Å². The molecule has 0 radical (unpaired) electrons. The van der Waals surface area contributed by atoms with Crippen LogP contribution in [0.4, 0.5) is 4.39 Å². The first-order valence-corrected chi connectivity index (χ1v) is 7.94. The molecule has 0 saturated heterocycles. The zero-order valence-corrected chi connectivity index (χ0v) is 14.5. The van der Waals surface area contributed by atoms with Crippen LogP contribution in [0.3, 0.4) is 0 Å². The monoisotopic (exact) mass is 402 g/mol. The fourth-order valence-electron chi connectivity index (χ4n) is 1.64. The topological polar surface area (TPSA) is 28.7 Å². The van der Waals surface area contributed by atoms with Crippen molar-refractivity contribution < 1.29 is 4.39 Å². The third kappa shape index (κ3) is 4.13. The van der Waals surface area contributed by atoms with Gasteiger partial charge >= 0.3 is 3.92 Å². The summed E-state index contributed by atoms with van der Waals surface area (Å²) in [5.74, 6) is 0. The van der Waals surface area contributed by atoms with E-state index < -0.39 is 3.92 Å². The Labute approximate surface area is 149 Å². The van der Waals surface area contributed by atoms with Crippen LogP contribution < -0.4 is 0 Å². The average molecular weight is 405 g/mol. The maximum absolute atomic E-state index is 13.3. The molecule has 0 aliphatic heterocycles. The highest BCUT2D eigenvalue weighted by Gasteiger charge is 2.27. The summed E-state index contributed by atoms with van der Waals surface area (Å²) in [5, 5.41) is 10.0. The summed E-state index contributed by atoms with van der Waals surface area (Å²) in [5.41, 5.74) is 0.602. The molecule has 1 heterocycles. The minimum atomic E-state index is -2.55. The summed E-state index contributed by atoms with van der Waals surface area (Å²) in [4.78, 5) is 0.257. The van der Waals surface area contributed by atoms with Gasteiger partial charge in [-0.1, -0.05) is 58.0 Å². The first kappa shape index (κ1) is 17.1. The van der Waals surface area contributed by atoms with Crippen LogP contribution in [-0.2, 0) is 0 Å². The predicted octanol–water partition coefficient (Wildman–Crippen LogP) is 6.46. The fourth-order valence-corrected chi connectivity index (χ4v) is 3.77. The molecule has 2 rings (SSSR count). The van der Waals surface area contributed by atoms with Crippen LogP contribution in [-0.4, -0.2) is 8.49 Å². The molecule has 21 heavy (non-hydrogen) atoms. The van der Waals surface area contributed by atoms with Crippen LogP contribution in [0, 0.1) is 11.3 Å². The van der Waals surface area contributed by atoms with Gasteiger partial charge in [-0.15, -0.1) is 0 Å². The van der Waals surface area contributed by atoms with Crippen LogP contribution in [0.1, 0.15) is 5.56 Å². The Morgan fingerprint density at radius 1 is 1.14 bits per heavy atom. The normalized spacial score (nSPS) is 11.5. The number of benzene rings is 1. The minimum absolute atomic E-state index is 0.186. The second-order valence-corrected chi connectivity index (χ2v) is 7.96. The van der Waals surface area contributed by atoms with Crippen molar-refractivity contribution >= 4 is 69.8 Å². The quantitative estimate of drug-likeness (QED) is 0.434. The molecule has 1 aromatic carbocycles. The van der Waals surface area contributed by atoms with Gasteiger partial charge in [-0.25, -0.2) is 0 Å². The Morgan fingerprint density at radius 2 is 1.71 bits per heavy atom. The van der Waals surface area contributed by atoms with Crippen molar-refractivity contribution in [1.29, 1.82) is 5.26 Å². The van der Waals surface area contributed by atoms with Gasteiger partial charge in [0.05, 0.1) is 21.3 Å². The molecule has 0 atom stereocenters. The molecule has 0 amide bonds. The number of rotatable bonds is 3. The SMILES string of the molecule is N#Cc1cn(-c2c(Cl)cc(Cl)cc2Cl)cc1SC(F)(Cl)Cl. The van der Waals surface area contributed by atoms with E-state index in [4.69, 9.17) is 63.3 Å². The first-order chi connectivity index (χ1) is 9.71. The number of thioether (sulfide) groups is 1. The van der Waals surface area contributed by atoms with Crippen molar-refractivity contribution in [2.45, 2.75) is 8.81 Å². The van der Waals surface area contributed by atoms with Crippen molar-refractivity contribution in [1.82, 2.24) is 4.57 Å². The molecule has 0 saturated carbocycles. The van der Waals surface area contributed by atoms with Gasteiger partial charge in [0, 0.05) is 22.3 Å². The zero-order chi connectivity index (χ0) is 15.8. The van der Waals surface area contributed by atoms with Crippen LogP contribution in [0.2, 0.25) is 15.1 Å². The Balaban J connectivity index is 2.55.